The van der Waals surface area contributed by atoms with Gasteiger partial charge in [0.15, 0.2) is 0 Å². The maximum atomic E-state index is 12.6. The van der Waals surface area contributed by atoms with Gasteiger partial charge < -0.3 is 4.74 Å². The number of halogens is 1. The average molecular weight is 327 g/mol. The van der Waals surface area contributed by atoms with Crippen LogP contribution < -0.4 is 10.3 Å². The van der Waals surface area contributed by atoms with E-state index in [-0.39, 0.29) is 5.56 Å². The molecule has 6 nitrogen and oxygen atoms in total. The Hall–Kier alpha value is -2.86. The molecule has 0 unspecified atom stereocenters. The number of H-pyrrole nitrogens is 1. The van der Waals surface area contributed by atoms with Crippen molar-refractivity contribution in [3.8, 4) is 11.6 Å². The van der Waals surface area contributed by atoms with Gasteiger partial charge in [0.25, 0.3) is 5.56 Å². The number of ether oxygens (including phenoxy) is 1. The quantitative estimate of drug-likeness (QED) is 0.614. The van der Waals surface area contributed by atoms with Gasteiger partial charge in [-0.2, -0.15) is 0 Å². The summed E-state index contributed by atoms with van der Waals surface area (Å²) in [6.45, 7) is 0. The topological polar surface area (TPSA) is 72.8 Å². The van der Waals surface area contributed by atoms with E-state index in [0.717, 1.165) is 10.9 Å². The molecule has 0 aliphatic heterocycles. The van der Waals surface area contributed by atoms with E-state index in [0.29, 0.717) is 27.5 Å². The van der Waals surface area contributed by atoms with Crippen LogP contribution in [0.5, 0.6) is 5.88 Å². The van der Waals surface area contributed by atoms with Crippen molar-refractivity contribution in [3.05, 3.63) is 58.1 Å². The highest BCUT2D eigenvalue weighted by molar-refractivity contribution is 6.31. The van der Waals surface area contributed by atoms with Gasteiger partial charge in [-0.3, -0.25) is 14.9 Å². The van der Waals surface area contributed by atoms with Gasteiger partial charge >= 0.3 is 0 Å². The molecule has 0 radical (unpaired) electrons. The second kappa shape index (κ2) is 5.10. The lowest BCUT2D eigenvalue weighted by atomic mass is 10.2. The van der Waals surface area contributed by atoms with Crippen molar-refractivity contribution >= 4 is 33.4 Å². The summed E-state index contributed by atoms with van der Waals surface area (Å²) < 4.78 is 6.46. The number of hydrogen-bond acceptors (Lipinski definition) is 4. The lowest BCUT2D eigenvalue weighted by molar-refractivity contribution is 0.397. The molecule has 4 rings (SSSR count). The minimum Gasteiger partial charge on any atom is -0.481 e. The smallest absolute Gasteiger partial charge is 0.280 e. The molecule has 7 heteroatoms. The summed E-state index contributed by atoms with van der Waals surface area (Å²) in [6, 6.07) is 8.83. The molecule has 0 atom stereocenters. The fraction of sp³-hybridized carbons (Fsp3) is 0.0625. The molecule has 23 heavy (non-hydrogen) atoms. The first-order valence-electron chi connectivity index (χ1n) is 6.87. The third-order valence-electron chi connectivity index (χ3n) is 3.68. The molecular formula is C16H11ClN4O2. The second-order valence-electron chi connectivity index (χ2n) is 5.02. The van der Waals surface area contributed by atoms with Crippen molar-refractivity contribution in [3.63, 3.8) is 0 Å². The molecule has 4 aromatic rings. The zero-order chi connectivity index (χ0) is 16.0. The zero-order valence-corrected chi connectivity index (χ0v) is 12.8. The molecule has 0 aliphatic rings. The predicted octanol–water partition coefficient (Wildman–Crippen LogP) is 2.92. The van der Waals surface area contributed by atoms with E-state index in [2.05, 4.69) is 15.1 Å². The van der Waals surface area contributed by atoms with Crippen LogP contribution in [0, 0.1) is 0 Å². The zero-order valence-electron chi connectivity index (χ0n) is 12.1. The fourth-order valence-electron chi connectivity index (χ4n) is 2.54. The molecule has 1 N–H and O–H groups in total. The van der Waals surface area contributed by atoms with Gasteiger partial charge in [0.05, 0.1) is 35.4 Å². The van der Waals surface area contributed by atoms with Gasteiger partial charge in [-0.1, -0.05) is 11.6 Å². The Bertz CT molecular complexity index is 1080. The largest absolute Gasteiger partial charge is 0.481 e. The van der Waals surface area contributed by atoms with E-state index in [9.17, 15) is 4.79 Å². The molecule has 114 valence electrons. The second-order valence-corrected chi connectivity index (χ2v) is 5.46. The standard InChI is InChI=1S/C16H11ClN4O2/c1-23-14-5-3-10(7-19-14)21-16(22)12-8-18-13-4-2-9(17)6-11(13)15(12)20-21/h2-8,20H,1H3. The van der Waals surface area contributed by atoms with E-state index in [1.807, 2.05) is 6.07 Å². The van der Waals surface area contributed by atoms with Crippen molar-refractivity contribution in [1.29, 1.82) is 0 Å². The number of nitrogens with zero attached hydrogens (tertiary/aromatic N) is 3. The Kier molecular flexibility index (Phi) is 3.06. The summed E-state index contributed by atoms with van der Waals surface area (Å²) in [4.78, 5) is 21.1. The number of nitrogens with one attached hydrogen (secondary N) is 1. The van der Waals surface area contributed by atoms with E-state index in [1.54, 1.807) is 43.8 Å². The SMILES string of the molecule is COc1ccc(-n2[nH]c3c(cnc4ccc(Cl)cc43)c2=O)cn1. The van der Waals surface area contributed by atoms with Crippen molar-refractivity contribution in [1.82, 2.24) is 19.7 Å². The van der Waals surface area contributed by atoms with Crippen LogP contribution in [0.25, 0.3) is 27.5 Å². The van der Waals surface area contributed by atoms with Crippen molar-refractivity contribution in [2.24, 2.45) is 0 Å². The van der Waals surface area contributed by atoms with Crippen LogP contribution in [-0.2, 0) is 0 Å². The summed E-state index contributed by atoms with van der Waals surface area (Å²) in [5, 5.41) is 5.00. The first-order chi connectivity index (χ1) is 11.2. The van der Waals surface area contributed by atoms with E-state index in [4.69, 9.17) is 16.3 Å². The number of aromatic nitrogens is 4. The molecule has 1 aromatic carbocycles. The summed E-state index contributed by atoms with van der Waals surface area (Å²) in [7, 11) is 1.54. The minimum atomic E-state index is -0.193. The number of rotatable bonds is 2. The normalized spacial score (nSPS) is 11.2. The van der Waals surface area contributed by atoms with Gasteiger partial charge in [-0.05, 0) is 24.3 Å². The molecule has 0 saturated carbocycles. The molecule has 0 aliphatic carbocycles. The Labute approximate surface area is 135 Å². The fourth-order valence-corrected chi connectivity index (χ4v) is 2.71. The van der Waals surface area contributed by atoms with Gasteiger partial charge in [0.2, 0.25) is 5.88 Å². The molecule has 0 bridgehead atoms. The average Bonchev–Trinajstić information content (AvgIpc) is 2.92. The van der Waals surface area contributed by atoms with Crippen LogP contribution in [0.2, 0.25) is 5.02 Å². The Balaban J connectivity index is 2.01. The van der Waals surface area contributed by atoms with E-state index >= 15 is 0 Å². The maximum Gasteiger partial charge on any atom is 0.280 e. The van der Waals surface area contributed by atoms with Gasteiger partial charge in [-0.15, -0.1) is 0 Å². The van der Waals surface area contributed by atoms with Crippen molar-refractivity contribution < 1.29 is 4.74 Å². The number of aromatic amines is 1. The van der Waals surface area contributed by atoms with Crippen molar-refractivity contribution in [2.45, 2.75) is 0 Å². The monoisotopic (exact) mass is 326 g/mol. The molecule has 0 fully saturated rings. The van der Waals surface area contributed by atoms with Crippen LogP contribution in [0.4, 0.5) is 0 Å². The Morgan fingerprint density at radius 3 is 2.74 bits per heavy atom. The number of benzene rings is 1. The third kappa shape index (κ3) is 2.15. The third-order valence-corrected chi connectivity index (χ3v) is 3.91. The Morgan fingerprint density at radius 2 is 2.00 bits per heavy atom. The highest BCUT2D eigenvalue weighted by atomic mass is 35.5. The first kappa shape index (κ1) is 13.8. The lowest BCUT2D eigenvalue weighted by Gasteiger charge is -2.02. The molecule has 0 spiro atoms. The summed E-state index contributed by atoms with van der Waals surface area (Å²) in [5.74, 6) is 0.483. The number of pyridine rings is 2. The number of fused-ring (bicyclic) bond motifs is 3. The van der Waals surface area contributed by atoms with Gasteiger partial charge in [-0.25, -0.2) is 9.67 Å². The van der Waals surface area contributed by atoms with Crippen LogP contribution >= 0.6 is 11.6 Å². The lowest BCUT2D eigenvalue weighted by Crippen LogP contribution is -2.14. The van der Waals surface area contributed by atoms with Crippen LogP contribution in [0.15, 0.2) is 47.5 Å². The Morgan fingerprint density at radius 1 is 1.13 bits per heavy atom. The van der Waals surface area contributed by atoms with Crippen LogP contribution in [0.1, 0.15) is 0 Å². The molecule has 3 aromatic heterocycles. The van der Waals surface area contributed by atoms with Crippen LogP contribution in [-0.4, -0.2) is 26.9 Å². The van der Waals surface area contributed by atoms with Crippen molar-refractivity contribution in [2.75, 3.05) is 7.11 Å². The van der Waals surface area contributed by atoms with Crippen LogP contribution in [0.3, 0.4) is 0 Å². The molecular weight excluding hydrogens is 316 g/mol. The predicted molar refractivity (Wildman–Crippen MR) is 88.6 cm³/mol. The highest BCUT2D eigenvalue weighted by Crippen LogP contribution is 2.24. The number of hydrogen-bond donors (Lipinski definition) is 1. The summed E-state index contributed by atoms with van der Waals surface area (Å²) in [6.07, 6.45) is 3.13. The number of methoxy groups -OCH3 is 1. The molecule has 0 amide bonds. The molecule has 0 saturated heterocycles. The first-order valence-corrected chi connectivity index (χ1v) is 7.24. The summed E-state index contributed by atoms with van der Waals surface area (Å²) >= 11 is 6.07. The van der Waals surface area contributed by atoms with Gasteiger partial charge in [0.1, 0.15) is 0 Å². The summed E-state index contributed by atoms with van der Waals surface area (Å²) in [5.41, 5.74) is 1.88. The van der Waals surface area contributed by atoms with E-state index in [1.165, 1.54) is 4.68 Å². The minimum absolute atomic E-state index is 0.193. The maximum absolute atomic E-state index is 12.6. The van der Waals surface area contributed by atoms with E-state index < -0.39 is 0 Å². The highest BCUT2D eigenvalue weighted by Gasteiger charge is 2.12. The van der Waals surface area contributed by atoms with Gasteiger partial charge in [0, 0.05) is 22.7 Å². The molecule has 3 heterocycles.